The predicted octanol–water partition coefficient (Wildman–Crippen LogP) is 6.43. The van der Waals surface area contributed by atoms with Gasteiger partial charge in [-0.25, -0.2) is 8.78 Å². The molecule has 0 bridgehead atoms. The van der Waals surface area contributed by atoms with Crippen LogP contribution in [0.3, 0.4) is 0 Å². The molecule has 0 amide bonds. The molecule has 142 valence electrons. The van der Waals surface area contributed by atoms with Crippen LogP contribution in [0.2, 0.25) is 0 Å². The number of halogens is 2. The average molecular weight is 390 g/mol. The molecular weight excluding hydrogens is 374 g/mol. The minimum Gasteiger partial charge on any atom is -0.206 e. The minimum atomic E-state index is -0.320. The molecule has 4 aromatic rings. The molecule has 0 saturated heterocycles. The van der Waals surface area contributed by atoms with Crippen LogP contribution in [-0.2, 0) is 0 Å². The lowest BCUT2D eigenvalue weighted by Crippen LogP contribution is -1.83. The van der Waals surface area contributed by atoms with Crippen molar-refractivity contribution in [1.29, 1.82) is 0 Å². The highest BCUT2D eigenvalue weighted by molar-refractivity contribution is 5.65. The fourth-order valence-electron chi connectivity index (χ4n) is 2.90. The molecule has 0 atom stereocenters. The van der Waals surface area contributed by atoms with Gasteiger partial charge < -0.3 is 0 Å². The first-order valence-corrected chi connectivity index (χ1v) is 9.43. The fourth-order valence-corrected chi connectivity index (χ4v) is 2.90. The molecule has 0 saturated carbocycles. The number of hydrogen-bond acceptors (Lipinski definition) is 0. The standard InChI is InChI=1S/C28H16F2/c29-27-7-3-1-5-25(27)19-13-21-9-15-23(16-10-21)24-17-11-22(12-18-24)14-20-26-6-2-4-8-28(26)30/h1-12,15-18H. The second-order valence-electron chi connectivity index (χ2n) is 6.61. The Kier molecular flexibility index (Phi) is 5.70. The lowest BCUT2D eigenvalue weighted by atomic mass is 10.0. The van der Waals surface area contributed by atoms with Gasteiger partial charge in [0.05, 0.1) is 11.1 Å². The third kappa shape index (κ3) is 4.64. The molecule has 0 N–H and O–H groups in total. The Labute approximate surface area is 174 Å². The Morgan fingerprint density at radius 1 is 0.400 bits per heavy atom. The monoisotopic (exact) mass is 390 g/mol. The van der Waals surface area contributed by atoms with E-state index in [2.05, 4.69) is 23.7 Å². The Morgan fingerprint density at radius 3 is 1.13 bits per heavy atom. The third-order valence-corrected chi connectivity index (χ3v) is 4.53. The van der Waals surface area contributed by atoms with Gasteiger partial charge in [-0.1, -0.05) is 72.2 Å². The first-order valence-electron chi connectivity index (χ1n) is 9.43. The summed E-state index contributed by atoms with van der Waals surface area (Å²) in [6.45, 7) is 0. The quantitative estimate of drug-likeness (QED) is 0.329. The Balaban J connectivity index is 1.49. The van der Waals surface area contributed by atoms with Gasteiger partial charge in [-0.2, -0.15) is 0 Å². The summed E-state index contributed by atoms with van der Waals surface area (Å²) in [5.74, 6) is 11.1. The van der Waals surface area contributed by atoms with Crippen LogP contribution in [0, 0.1) is 35.3 Å². The van der Waals surface area contributed by atoms with Crippen molar-refractivity contribution in [2.45, 2.75) is 0 Å². The minimum absolute atomic E-state index is 0.320. The largest absolute Gasteiger partial charge is 0.206 e. The van der Waals surface area contributed by atoms with Crippen molar-refractivity contribution >= 4 is 0 Å². The third-order valence-electron chi connectivity index (χ3n) is 4.53. The van der Waals surface area contributed by atoms with Gasteiger partial charge in [-0.15, -0.1) is 0 Å². The van der Waals surface area contributed by atoms with Crippen LogP contribution in [0.4, 0.5) is 8.78 Å². The molecule has 0 unspecified atom stereocenters. The van der Waals surface area contributed by atoms with Gasteiger partial charge in [0.1, 0.15) is 11.6 Å². The van der Waals surface area contributed by atoms with Crippen LogP contribution < -0.4 is 0 Å². The maximum absolute atomic E-state index is 13.7. The van der Waals surface area contributed by atoms with E-state index >= 15 is 0 Å². The normalized spacial score (nSPS) is 9.80. The van der Waals surface area contributed by atoms with E-state index in [4.69, 9.17) is 0 Å². The molecule has 30 heavy (non-hydrogen) atoms. The summed E-state index contributed by atoms with van der Waals surface area (Å²) in [5, 5.41) is 0. The summed E-state index contributed by atoms with van der Waals surface area (Å²) >= 11 is 0. The predicted molar refractivity (Wildman–Crippen MR) is 117 cm³/mol. The van der Waals surface area contributed by atoms with Crippen molar-refractivity contribution in [3.05, 3.63) is 131 Å². The lowest BCUT2D eigenvalue weighted by molar-refractivity contribution is 0.624. The summed E-state index contributed by atoms with van der Waals surface area (Å²) in [5.41, 5.74) is 4.48. The molecule has 0 aliphatic rings. The molecule has 0 aromatic heterocycles. The van der Waals surface area contributed by atoms with Crippen LogP contribution in [0.15, 0.2) is 97.1 Å². The molecule has 0 heterocycles. The highest BCUT2D eigenvalue weighted by Gasteiger charge is 1.99. The molecule has 0 aliphatic heterocycles. The molecule has 4 rings (SSSR count). The van der Waals surface area contributed by atoms with Gasteiger partial charge in [0.25, 0.3) is 0 Å². The first kappa shape index (κ1) is 19.2. The van der Waals surface area contributed by atoms with Gasteiger partial charge in [0.2, 0.25) is 0 Å². The van der Waals surface area contributed by atoms with E-state index in [0.29, 0.717) is 11.1 Å². The summed E-state index contributed by atoms with van der Waals surface area (Å²) in [7, 11) is 0. The molecule has 0 spiro atoms. The van der Waals surface area contributed by atoms with Crippen molar-refractivity contribution in [2.75, 3.05) is 0 Å². The van der Waals surface area contributed by atoms with Crippen molar-refractivity contribution in [3.63, 3.8) is 0 Å². The zero-order valence-corrected chi connectivity index (χ0v) is 16.0. The molecule has 0 radical (unpaired) electrons. The van der Waals surface area contributed by atoms with Crippen molar-refractivity contribution in [2.24, 2.45) is 0 Å². The smallest absolute Gasteiger partial charge is 0.138 e. The molecule has 0 nitrogen and oxygen atoms in total. The van der Waals surface area contributed by atoms with Crippen molar-refractivity contribution in [3.8, 4) is 34.8 Å². The van der Waals surface area contributed by atoms with E-state index in [0.717, 1.165) is 22.3 Å². The molecule has 2 heteroatoms. The van der Waals surface area contributed by atoms with Gasteiger partial charge in [-0.3, -0.25) is 0 Å². The Bertz CT molecular complexity index is 1190. The molecule has 4 aromatic carbocycles. The second kappa shape index (κ2) is 8.91. The summed E-state index contributed by atoms with van der Waals surface area (Å²) in [6.07, 6.45) is 0. The Morgan fingerprint density at radius 2 is 0.767 bits per heavy atom. The maximum Gasteiger partial charge on any atom is 0.138 e. The molecular formula is C28H16F2. The van der Waals surface area contributed by atoms with E-state index in [9.17, 15) is 8.78 Å². The van der Waals surface area contributed by atoms with Crippen LogP contribution in [0.25, 0.3) is 11.1 Å². The van der Waals surface area contributed by atoms with Gasteiger partial charge in [0.15, 0.2) is 0 Å². The zero-order valence-electron chi connectivity index (χ0n) is 16.0. The van der Waals surface area contributed by atoms with Gasteiger partial charge in [0, 0.05) is 11.1 Å². The van der Waals surface area contributed by atoms with E-state index < -0.39 is 0 Å². The summed E-state index contributed by atoms with van der Waals surface area (Å²) in [4.78, 5) is 0. The topological polar surface area (TPSA) is 0 Å². The van der Waals surface area contributed by atoms with Gasteiger partial charge in [-0.05, 0) is 59.7 Å². The summed E-state index contributed by atoms with van der Waals surface area (Å²) in [6, 6.07) is 28.5. The van der Waals surface area contributed by atoms with Crippen molar-refractivity contribution in [1.82, 2.24) is 0 Å². The first-order chi connectivity index (χ1) is 14.7. The van der Waals surface area contributed by atoms with Crippen LogP contribution in [0.1, 0.15) is 22.3 Å². The van der Waals surface area contributed by atoms with E-state index in [-0.39, 0.29) is 11.6 Å². The number of hydrogen-bond donors (Lipinski definition) is 0. The van der Waals surface area contributed by atoms with Crippen LogP contribution >= 0.6 is 0 Å². The van der Waals surface area contributed by atoms with Crippen LogP contribution in [-0.4, -0.2) is 0 Å². The second-order valence-corrected chi connectivity index (χ2v) is 6.61. The van der Waals surface area contributed by atoms with Crippen LogP contribution in [0.5, 0.6) is 0 Å². The van der Waals surface area contributed by atoms with E-state index in [1.165, 1.54) is 12.1 Å². The summed E-state index contributed by atoms with van der Waals surface area (Å²) < 4.78 is 27.3. The Hall–Kier alpha value is -4.14. The zero-order chi connectivity index (χ0) is 20.8. The maximum atomic E-state index is 13.7. The van der Waals surface area contributed by atoms with E-state index in [1.54, 1.807) is 36.4 Å². The molecule has 0 aliphatic carbocycles. The number of rotatable bonds is 1. The fraction of sp³-hybridized carbons (Fsp3) is 0. The molecule has 0 fully saturated rings. The van der Waals surface area contributed by atoms with Gasteiger partial charge >= 0.3 is 0 Å². The SMILES string of the molecule is Fc1ccccc1C#Cc1ccc(-c2ccc(C#Cc3ccccc3F)cc2)cc1. The number of benzene rings is 4. The van der Waals surface area contributed by atoms with Crippen molar-refractivity contribution < 1.29 is 8.78 Å². The average Bonchev–Trinajstić information content (AvgIpc) is 2.79. The van der Waals surface area contributed by atoms with E-state index in [1.807, 2.05) is 48.5 Å². The highest BCUT2D eigenvalue weighted by atomic mass is 19.1. The highest BCUT2D eigenvalue weighted by Crippen LogP contribution is 2.20. The lowest BCUT2D eigenvalue weighted by Gasteiger charge is -2.02.